The summed E-state index contributed by atoms with van der Waals surface area (Å²) in [7, 11) is -3.81. The van der Waals surface area contributed by atoms with Gasteiger partial charge in [-0.2, -0.15) is 9.40 Å². The first-order valence-electron chi connectivity index (χ1n) is 9.13. The zero-order chi connectivity index (χ0) is 21.5. The molecule has 158 valence electrons. The number of sulfonamides is 1. The van der Waals surface area contributed by atoms with Crippen molar-refractivity contribution < 1.29 is 17.6 Å². The highest BCUT2D eigenvalue weighted by molar-refractivity contribution is 7.89. The van der Waals surface area contributed by atoms with E-state index in [-0.39, 0.29) is 52.7 Å². The fourth-order valence-electron chi connectivity index (χ4n) is 3.25. The summed E-state index contributed by atoms with van der Waals surface area (Å²) in [5.41, 5.74) is 0.844. The van der Waals surface area contributed by atoms with Gasteiger partial charge in [-0.3, -0.25) is 9.89 Å². The highest BCUT2D eigenvalue weighted by Gasteiger charge is 2.32. The van der Waals surface area contributed by atoms with E-state index < -0.39 is 10.0 Å². The molecule has 3 aromatic rings. The monoisotopic (exact) mass is 468 g/mol. The second kappa shape index (κ2) is 8.07. The second-order valence-electron chi connectivity index (χ2n) is 6.83. The van der Waals surface area contributed by atoms with E-state index >= 15 is 0 Å². The normalized spacial score (nSPS) is 15.5. The summed E-state index contributed by atoms with van der Waals surface area (Å²) < 4.78 is 32.7. The Balaban J connectivity index is 1.45. The fraction of sp³-hybridized carbons (Fsp3) is 0.263. The van der Waals surface area contributed by atoms with Crippen LogP contribution in [0, 0.1) is 6.92 Å². The predicted octanol–water partition coefficient (Wildman–Crippen LogP) is 3.43. The van der Waals surface area contributed by atoms with Gasteiger partial charge in [0.25, 0.3) is 5.91 Å². The van der Waals surface area contributed by atoms with E-state index in [4.69, 9.17) is 27.6 Å². The molecule has 1 aliphatic heterocycles. The molecular formula is C19H18Cl2N4O4S. The maximum atomic E-state index is 12.9. The number of furan rings is 1. The molecule has 0 radical (unpaired) electrons. The van der Waals surface area contributed by atoms with Gasteiger partial charge in [-0.05, 0) is 31.2 Å². The number of carbonyl (C=O) groups is 1. The average molecular weight is 469 g/mol. The van der Waals surface area contributed by atoms with Gasteiger partial charge in [-0.1, -0.05) is 29.3 Å². The molecule has 11 heteroatoms. The van der Waals surface area contributed by atoms with Crippen LogP contribution in [-0.2, 0) is 10.0 Å². The molecule has 4 rings (SSSR count). The smallest absolute Gasteiger partial charge is 0.274 e. The van der Waals surface area contributed by atoms with Gasteiger partial charge in [0.05, 0.1) is 10.0 Å². The number of aryl methyl sites for hydroxylation is 1. The van der Waals surface area contributed by atoms with E-state index in [1.165, 1.54) is 22.5 Å². The predicted molar refractivity (Wildman–Crippen MR) is 112 cm³/mol. The van der Waals surface area contributed by atoms with Crippen molar-refractivity contribution in [1.82, 2.24) is 19.4 Å². The van der Waals surface area contributed by atoms with Gasteiger partial charge >= 0.3 is 0 Å². The second-order valence-corrected chi connectivity index (χ2v) is 9.52. The number of amides is 1. The Morgan fingerprint density at radius 2 is 1.87 bits per heavy atom. The summed E-state index contributed by atoms with van der Waals surface area (Å²) in [5.74, 6) is 1.07. The average Bonchev–Trinajstić information content (AvgIpc) is 3.38. The van der Waals surface area contributed by atoms with Crippen molar-refractivity contribution in [2.24, 2.45) is 0 Å². The van der Waals surface area contributed by atoms with E-state index in [2.05, 4.69) is 10.2 Å². The lowest BCUT2D eigenvalue weighted by Crippen LogP contribution is -2.50. The first-order valence-corrected chi connectivity index (χ1v) is 11.3. The summed E-state index contributed by atoms with van der Waals surface area (Å²) in [6.45, 7) is 2.59. The van der Waals surface area contributed by atoms with E-state index in [0.717, 1.165) is 5.76 Å². The molecule has 0 bridgehead atoms. The Kier molecular flexibility index (Phi) is 5.63. The molecule has 1 N–H and O–H groups in total. The van der Waals surface area contributed by atoms with Crippen molar-refractivity contribution in [2.75, 3.05) is 26.2 Å². The molecule has 30 heavy (non-hydrogen) atoms. The third-order valence-corrected chi connectivity index (χ3v) is 7.73. The number of aromatic nitrogens is 2. The van der Waals surface area contributed by atoms with Crippen LogP contribution in [-0.4, -0.2) is 59.9 Å². The SMILES string of the molecule is Cc1ccc(-c2cc(C(=O)N3CCN(S(=O)(=O)c4cccc(Cl)c4Cl)CC3)n[nH]2)o1. The number of H-pyrrole nitrogens is 1. The van der Waals surface area contributed by atoms with Gasteiger partial charge in [0.15, 0.2) is 11.5 Å². The Morgan fingerprint density at radius 1 is 1.13 bits per heavy atom. The van der Waals surface area contributed by atoms with Crippen LogP contribution in [0.1, 0.15) is 16.2 Å². The summed E-state index contributed by atoms with van der Waals surface area (Å²) >= 11 is 12.0. The maximum absolute atomic E-state index is 12.9. The molecule has 1 saturated heterocycles. The van der Waals surface area contributed by atoms with Gasteiger partial charge in [0.1, 0.15) is 16.3 Å². The quantitative estimate of drug-likeness (QED) is 0.631. The molecule has 1 amide bonds. The van der Waals surface area contributed by atoms with Gasteiger partial charge in [-0.25, -0.2) is 8.42 Å². The topological polar surface area (TPSA) is 99.5 Å². The summed E-state index contributed by atoms with van der Waals surface area (Å²) in [6, 6.07) is 9.72. The van der Waals surface area contributed by atoms with Crippen LogP contribution < -0.4 is 0 Å². The summed E-state index contributed by atoms with van der Waals surface area (Å²) in [6.07, 6.45) is 0. The van der Waals surface area contributed by atoms with Crippen LogP contribution in [0.25, 0.3) is 11.5 Å². The molecule has 1 aromatic carbocycles. The molecule has 0 unspecified atom stereocenters. The number of halogens is 2. The summed E-state index contributed by atoms with van der Waals surface area (Å²) in [4.78, 5) is 14.3. The summed E-state index contributed by atoms with van der Waals surface area (Å²) in [5, 5.41) is 7.04. The van der Waals surface area contributed by atoms with Crippen LogP contribution in [0.5, 0.6) is 0 Å². The lowest BCUT2D eigenvalue weighted by molar-refractivity contribution is 0.0692. The lowest BCUT2D eigenvalue weighted by Gasteiger charge is -2.33. The number of aromatic amines is 1. The fourth-order valence-corrected chi connectivity index (χ4v) is 5.41. The highest BCUT2D eigenvalue weighted by Crippen LogP contribution is 2.31. The maximum Gasteiger partial charge on any atom is 0.274 e. The molecule has 3 heterocycles. The Morgan fingerprint density at radius 3 is 2.53 bits per heavy atom. The largest absolute Gasteiger partial charge is 0.460 e. The van der Waals surface area contributed by atoms with E-state index in [1.807, 2.05) is 13.0 Å². The molecule has 0 aliphatic carbocycles. The number of nitrogens with zero attached hydrogens (tertiary/aromatic N) is 3. The number of piperazine rings is 1. The van der Waals surface area contributed by atoms with Crippen molar-refractivity contribution >= 4 is 39.1 Å². The molecule has 0 atom stereocenters. The van der Waals surface area contributed by atoms with Crippen LogP contribution in [0.3, 0.4) is 0 Å². The Labute approximate surface area is 183 Å². The number of carbonyl (C=O) groups excluding carboxylic acids is 1. The molecule has 8 nitrogen and oxygen atoms in total. The zero-order valence-electron chi connectivity index (χ0n) is 15.9. The number of nitrogens with one attached hydrogen (secondary N) is 1. The van der Waals surface area contributed by atoms with Gasteiger partial charge in [0.2, 0.25) is 10.0 Å². The number of benzene rings is 1. The third kappa shape index (κ3) is 3.85. The Bertz CT molecular complexity index is 1200. The highest BCUT2D eigenvalue weighted by atomic mass is 35.5. The number of rotatable bonds is 4. The minimum absolute atomic E-state index is 0.00473. The van der Waals surface area contributed by atoms with E-state index in [9.17, 15) is 13.2 Å². The third-order valence-electron chi connectivity index (χ3n) is 4.86. The van der Waals surface area contributed by atoms with Crippen molar-refractivity contribution in [2.45, 2.75) is 11.8 Å². The first kappa shape index (κ1) is 20.9. The van der Waals surface area contributed by atoms with Gasteiger partial charge in [-0.15, -0.1) is 0 Å². The minimum atomic E-state index is -3.81. The number of hydrogen-bond acceptors (Lipinski definition) is 5. The Hall–Kier alpha value is -2.33. The minimum Gasteiger partial charge on any atom is -0.460 e. The number of hydrogen-bond donors (Lipinski definition) is 1. The van der Waals surface area contributed by atoms with Crippen molar-refractivity contribution in [3.63, 3.8) is 0 Å². The van der Waals surface area contributed by atoms with Crippen LogP contribution >= 0.6 is 23.2 Å². The van der Waals surface area contributed by atoms with Crippen LogP contribution in [0.2, 0.25) is 10.0 Å². The molecule has 1 fully saturated rings. The first-order chi connectivity index (χ1) is 14.3. The molecule has 0 saturated carbocycles. The van der Waals surface area contributed by atoms with Gasteiger partial charge in [0, 0.05) is 32.2 Å². The molecular weight excluding hydrogens is 451 g/mol. The van der Waals surface area contributed by atoms with Crippen molar-refractivity contribution in [3.8, 4) is 11.5 Å². The van der Waals surface area contributed by atoms with Crippen LogP contribution in [0.15, 0.2) is 45.7 Å². The molecule has 2 aromatic heterocycles. The molecule has 0 spiro atoms. The van der Waals surface area contributed by atoms with E-state index in [1.54, 1.807) is 17.0 Å². The van der Waals surface area contributed by atoms with E-state index in [0.29, 0.717) is 11.5 Å². The van der Waals surface area contributed by atoms with Crippen molar-refractivity contribution in [3.05, 3.63) is 57.9 Å². The molecule has 1 aliphatic rings. The van der Waals surface area contributed by atoms with Gasteiger partial charge < -0.3 is 9.32 Å². The standard InChI is InChI=1S/C19H18Cl2N4O4S/c1-12-5-6-16(29-12)14-11-15(23-22-14)19(26)24-7-9-25(10-8-24)30(27,28)17-4-2-3-13(20)18(17)21/h2-6,11H,7-10H2,1H3,(H,22,23). The van der Waals surface area contributed by atoms with Crippen LogP contribution in [0.4, 0.5) is 0 Å². The van der Waals surface area contributed by atoms with Crippen molar-refractivity contribution in [1.29, 1.82) is 0 Å². The zero-order valence-corrected chi connectivity index (χ0v) is 18.3. The lowest BCUT2D eigenvalue weighted by atomic mass is 10.2.